The molecular formula is C14H17Cl2N6+. The van der Waals surface area contributed by atoms with Gasteiger partial charge in [0.15, 0.2) is 16.1 Å². The third kappa shape index (κ3) is 3.08. The summed E-state index contributed by atoms with van der Waals surface area (Å²) in [7, 11) is 0. The summed E-state index contributed by atoms with van der Waals surface area (Å²) in [5, 5.41) is 16.2. The van der Waals surface area contributed by atoms with E-state index in [9.17, 15) is 0 Å². The molecule has 116 valence electrons. The summed E-state index contributed by atoms with van der Waals surface area (Å²) in [6.45, 7) is 7.46. The molecule has 1 aliphatic rings. The van der Waals surface area contributed by atoms with Gasteiger partial charge in [-0.2, -0.15) is 0 Å². The van der Waals surface area contributed by atoms with E-state index < -0.39 is 0 Å². The molecule has 0 saturated carbocycles. The van der Waals surface area contributed by atoms with Gasteiger partial charge in [-0.3, -0.25) is 4.90 Å². The molecule has 0 atom stereocenters. The Morgan fingerprint density at radius 1 is 0.955 bits per heavy atom. The zero-order chi connectivity index (χ0) is 15.7. The van der Waals surface area contributed by atoms with Gasteiger partial charge in [-0.15, -0.1) is 15.3 Å². The number of aromatic nitrogens is 4. The number of nitrogens with one attached hydrogen (secondary N) is 1. The van der Waals surface area contributed by atoms with Crippen LogP contribution < -0.4 is 14.9 Å². The third-order valence-corrected chi connectivity index (χ3v) is 4.38. The van der Waals surface area contributed by atoms with Gasteiger partial charge in [0.1, 0.15) is 13.1 Å². The van der Waals surface area contributed by atoms with Crippen molar-refractivity contribution < 1.29 is 5.10 Å². The van der Waals surface area contributed by atoms with Crippen molar-refractivity contribution in [3.63, 3.8) is 0 Å². The quantitative estimate of drug-likeness (QED) is 0.836. The predicted octanol–water partition coefficient (Wildman–Crippen LogP) is 1.94. The van der Waals surface area contributed by atoms with Crippen LogP contribution in [0.15, 0.2) is 12.1 Å². The van der Waals surface area contributed by atoms with Crippen LogP contribution in [0, 0.1) is 13.8 Å². The molecule has 1 fully saturated rings. The molecule has 0 amide bonds. The number of hydrogen-bond donors (Lipinski definition) is 0. The molecule has 8 heteroatoms. The van der Waals surface area contributed by atoms with Crippen molar-refractivity contribution in [3.05, 3.63) is 33.6 Å². The molecule has 0 aromatic carbocycles. The summed E-state index contributed by atoms with van der Waals surface area (Å²) in [4.78, 5) is 4.48. The van der Waals surface area contributed by atoms with Crippen molar-refractivity contribution in [2.45, 2.75) is 13.8 Å². The largest absolute Gasteiger partial charge is 0.347 e. The van der Waals surface area contributed by atoms with Crippen molar-refractivity contribution in [1.82, 2.24) is 15.3 Å². The standard InChI is InChI=1S/C14H16Cl2N6/c1-9-8-12(18-19-13(9)16)21-3-5-22(6-4-21)14-10(2)7-11(15)17-20-14/h7-8H,3-6H2,1-2H3/p+1. The van der Waals surface area contributed by atoms with Gasteiger partial charge < -0.3 is 4.90 Å². The molecule has 1 aliphatic heterocycles. The highest BCUT2D eigenvalue weighted by Gasteiger charge is 2.26. The fraction of sp³-hybridized carbons (Fsp3) is 0.429. The lowest BCUT2D eigenvalue weighted by Gasteiger charge is -2.31. The number of aryl methyl sites for hydroxylation is 2. The topological polar surface area (TPSA) is 59.3 Å². The SMILES string of the molecule is Cc1cc(N2CCN(c3[nH+]nc(Cl)cc3C)CC2)nnc1Cl. The minimum Gasteiger partial charge on any atom is -0.347 e. The maximum atomic E-state index is 5.93. The molecule has 3 rings (SSSR count). The first kappa shape index (κ1) is 15.2. The second kappa shape index (κ2) is 6.22. The molecule has 1 saturated heterocycles. The Morgan fingerprint density at radius 3 is 2.27 bits per heavy atom. The van der Waals surface area contributed by atoms with E-state index >= 15 is 0 Å². The van der Waals surface area contributed by atoms with E-state index in [-0.39, 0.29) is 0 Å². The Balaban J connectivity index is 1.70. The molecule has 0 radical (unpaired) electrons. The van der Waals surface area contributed by atoms with Gasteiger partial charge in [0.25, 0.3) is 5.82 Å². The Morgan fingerprint density at radius 2 is 1.64 bits per heavy atom. The summed E-state index contributed by atoms with van der Waals surface area (Å²) < 4.78 is 0. The third-order valence-electron chi connectivity index (χ3n) is 3.81. The normalized spacial score (nSPS) is 15.3. The molecule has 6 nitrogen and oxygen atoms in total. The average molecular weight is 340 g/mol. The van der Waals surface area contributed by atoms with E-state index in [1.807, 2.05) is 26.0 Å². The number of halogens is 2. The van der Waals surface area contributed by atoms with Gasteiger partial charge >= 0.3 is 0 Å². The Labute approximate surface area is 139 Å². The molecule has 0 aliphatic carbocycles. The number of piperazine rings is 1. The van der Waals surface area contributed by atoms with Crippen LogP contribution in [0.25, 0.3) is 0 Å². The van der Waals surface area contributed by atoms with E-state index in [4.69, 9.17) is 23.2 Å². The van der Waals surface area contributed by atoms with Crippen molar-refractivity contribution in [2.75, 3.05) is 36.0 Å². The second-order valence-corrected chi connectivity index (χ2v) is 6.12. The first-order valence-electron chi connectivity index (χ1n) is 7.09. The number of aromatic amines is 1. The molecule has 1 N–H and O–H groups in total. The van der Waals surface area contributed by atoms with Crippen LogP contribution in [0.2, 0.25) is 10.3 Å². The van der Waals surface area contributed by atoms with Gasteiger partial charge in [0.05, 0.1) is 13.1 Å². The lowest BCUT2D eigenvalue weighted by molar-refractivity contribution is -0.442. The van der Waals surface area contributed by atoms with Crippen molar-refractivity contribution in [2.24, 2.45) is 0 Å². The van der Waals surface area contributed by atoms with Crippen LogP contribution in [0.5, 0.6) is 0 Å². The van der Waals surface area contributed by atoms with Crippen LogP contribution in [0.4, 0.5) is 11.6 Å². The number of nitrogens with zero attached hydrogens (tertiary/aromatic N) is 5. The van der Waals surface area contributed by atoms with Crippen LogP contribution in [-0.2, 0) is 0 Å². The van der Waals surface area contributed by atoms with Crippen LogP contribution in [0.1, 0.15) is 11.1 Å². The molecule has 2 aromatic heterocycles. The monoisotopic (exact) mass is 339 g/mol. The van der Waals surface area contributed by atoms with E-state index in [0.717, 1.165) is 48.9 Å². The van der Waals surface area contributed by atoms with Gasteiger partial charge in [0, 0.05) is 5.56 Å². The highest BCUT2D eigenvalue weighted by atomic mass is 35.5. The maximum absolute atomic E-state index is 5.93. The second-order valence-electron chi connectivity index (χ2n) is 5.37. The van der Waals surface area contributed by atoms with Gasteiger partial charge in [-0.1, -0.05) is 28.3 Å². The lowest BCUT2D eigenvalue weighted by atomic mass is 10.2. The summed E-state index contributed by atoms with van der Waals surface area (Å²) in [6.07, 6.45) is 0. The first-order valence-corrected chi connectivity index (χ1v) is 7.85. The van der Waals surface area contributed by atoms with Gasteiger partial charge in [-0.25, -0.2) is 0 Å². The fourth-order valence-corrected chi connectivity index (χ4v) is 2.86. The minimum absolute atomic E-state index is 0.458. The molecule has 3 heterocycles. The van der Waals surface area contributed by atoms with E-state index in [0.29, 0.717) is 10.3 Å². The minimum atomic E-state index is 0.458. The summed E-state index contributed by atoms with van der Waals surface area (Å²) in [5.41, 5.74) is 2.04. The smallest absolute Gasteiger partial charge is 0.298 e. The predicted molar refractivity (Wildman–Crippen MR) is 86.7 cm³/mol. The zero-order valence-electron chi connectivity index (χ0n) is 12.5. The number of H-pyrrole nitrogens is 1. The first-order chi connectivity index (χ1) is 10.5. The summed E-state index contributed by atoms with van der Waals surface area (Å²) >= 11 is 11.8. The molecule has 0 unspecified atom stereocenters. The molecule has 0 spiro atoms. The van der Waals surface area contributed by atoms with Gasteiger partial charge in [-0.05, 0) is 31.5 Å². The van der Waals surface area contributed by atoms with Gasteiger partial charge in [0.2, 0.25) is 0 Å². The zero-order valence-corrected chi connectivity index (χ0v) is 14.0. The average Bonchev–Trinajstić information content (AvgIpc) is 2.50. The maximum Gasteiger partial charge on any atom is 0.298 e. The summed E-state index contributed by atoms with van der Waals surface area (Å²) in [6, 6.07) is 3.85. The molecule has 22 heavy (non-hydrogen) atoms. The van der Waals surface area contributed by atoms with Crippen molar-refractivity contribution in [1.29, 1.82) is 0 Å². The highest BCUT2D eigenvalue weighted by Crippen LogP contribution is 2.21. The Hall–Kier alpha value is -1.66. The fourth-order valence-electron chi connectivity index (χ4n) is 2.56. The van der Waals surface area contributed by atoms with Crippen molar-refractivity contribution in [3.8, 4) is 0 Å². The molecule has 2 aromatic rings. The van der Waals surface area contributed by atoms with E-state index in [2.05, 4.69) is 30.2 Å². The number of rotatable bonds is 2. The lowest BCUT2D eigenvalue weighted by Crippen LogP contribution is -2.49. The van der Waals surface area contributed by atoms with E-state index in [1.165, 1.54) is 0 Å². The Kier molecular flexibility index (Phi) is 4.31. The molecular weight excluding hydrogens is 323 g/mol. The number of hydrogen-bond acceptors (Lipinski definition) is 5. The summed E-state index contributed by atoms with van der Waals surface area (Å²) in [5.74, 6) is 1.89. The van der Waals surface area contributed by atoms with Crippen LogP contribution in [-0.4, -0.2) is 41.5 Å². The molecule has 0 bridgehead atoms. The number of anilines is 2. The van der Waals surface area contributed by atoms with Crippen LogP contribution in [0.3, 0.4) is 0 Å². The van der Waals surface area contributed by atoms with Crippen LogP contribution >= 0.6 is 23.2 Å². The highest BCUT2D eigenvalue weighted by molar-refractivity contribution is 6.30. The Bertz CT molecular complexity index is 685. The van der Waals surface area contributed by atoms with Crippen molar-refractivity contribution >= 4 is 34.8 Å². The van der Waals surface area contributed by atoms with E-state index in [1.54, 1.807) is 0 Å².